The Balaban J connectivity index is 2.42. The number of benzene rings is 1. The van der Waals surface area contributed by atoms with E-state index in [4.69, 9.17) is 11.0 Å². The number of rotatable bonds is 2. The summed E-state index contributed by atoms with van der Waals surface area (Å²) in [5, 5.41) is 12.8. The Morgan fingerprint density at radius 3 is 2.69 bits per heavy atom. The molecule has 1 aromatic carbocycles. The van der Waals surface area contributed by atoms with Crippen molar-refractivity contribution >= 4 is 5.82 Å². The lowest BCUT2D eigenvalue weighted by Gasteiger charge is -2.04. The molecule has 0 aliphatic rings. The lowest BCUT2D eigenvalue weighted by atomic mass is 10.2. The molecule has 0 spiro atoms. The number of hydrogen-bond donors (Lipinski definition) is 1. The van der Waals surface area contributed by atoms with Gasteiger partial charge in [0.05, 0.1) is 24.4 Å². The fourth-order valence-electron chi connectivity index (χ4n) is 1.50. The number of nitriles is 1. The minimum absolute atomic E-state index is 0.289. The molecular weight excluding hydrogens is 200 g/mol. The number of nitrogens with two attached hydrogens (primary N) is 1. The summed E-state index contributed by atoms with van der Waals surface area (Å²) < 4.78 is 1.64. The Bertz CT molecular complexity index is 531. The van der Waals surface area contributed by atoms with Gasteiger partial charge in [-0.25, -0.2) is 4.68 Å². The standard InChI is InChI=1S/C12H12N4/c1-9-2-4-11(5-3-9)16-12(14)10(6-7-13)8-15-16/h2-5,8H,6,14H2,1H3. The van der Waals surface area contributed by atoms with Gasteiger partial charge in [-0.15, -0.1) is 0 Å². The van der Waals surface area contributed by atoms with E-state index in [1.165, 1.54) is 5.56 Å². The third-order valence-electron chi connectivity index (χ3n) is 2.43. The molecule has 0 aliphatic carbocycles. The average molecular weight is 212 g/mol. The highest BCUT2D eigenvalue weighted by atomic mass is 15.3. The molecule has 0 unspecified atom stereocenters. The quantitative estimate of drug-likeness (QED) is 0.825. The summed E-state index contributed by atoms with van der Waals surface area (Å²) >= 11 is 0. The lowest BCUT2D eigenvalue weighted by Crippen LogP contribution is -2.02. The second-order valence-electron chi connectivity index (χ2n) is 3.64. The van der Waals surface area contributed by atoms with Crippen LogP contribution in [-0.4, -0.2) is 9.78 Å². The molecule has 0 saturated heterocycles. The van der Waals surface area contributed by atoms with Crippen molar-refractivity contribution < 1.29 is 0 Å². The van der Waals surface area contributed by atoms with Crippen LogP contribution in [0.5, 0.6) is 0 Å². The molecule has 2 N–H and O–H groups in total. The minimum Gasteiger partial charge on any atom is -0.383 e. The summed E-state index contributed by atoms with van der Waals surface area (Å²) in [6.45, 7) is 2.03. The zero-order valence-corrected chi connectivity index (χ0v) is 9.01. The van der Waals surface area contributed by atoms with E-state index >= 15 is 0 Å². The second kappa shape index (κ2) is 4.07. The summed E-state index contributed by atoms with van der Waals surface area (Å²) in [4.78, 5) is 0. The van der Waals surface area contributed by atoms with Crippen LogP contribution in [0, 0.1) is 18.3 Å². The molecule has 0 saturated carbocycles. The Kier molecular flexibility index (Phi) is 2.61. The fourth-order valence-corrected chi connectivity index (χ4v) is 1.50. The molecule has 4 nitrogen and oxygen atoms in total. The third kappa shape index (κ3) is 1.75. The molecule has 80 valence electrons. The maximum Gasteiger partial charge on any atom is 0.131 e. The summed E-state index contributed by atoms with van der Waals surface area (Å²) in [5.74, 6) is 0.533. The zero-order valence-electron chi connectivity index (χ0n) is 9.01. The molecule has 0 amide bonds. The monoisotopic (exact) mass is 212 g/mol. The summed E-state index contributed by atoms with van der Waals surface area (Å²) in [7, 11) is 0. The molecule has 2 rings (SSSR count). The Morgan fingerprint density at radius 2 is 2.06 bits per heavy atom. The van der Waals surface area contributed by atoms with Crippen molar-refractivity contribution in [3.05, 3.63) is 41.6 Å². The van der Waals surface area contributed by atoms with Gasteiger partial charge in [-0.05, 0) is 19.1 Å². The van der Waals surface area contributed by atoms with E-state index in [1.807, 2.05) is 31.2 Å². The van der Waals surface area contributed by atoms with Crippen LogP contribution < -0.4 is 5.73 Å². The Hall–Kier alpha value is -2.28. The van der Waals surface area contributed by atoms with E-state index in [9.17, 15) is 0 Å². The number of hydrogen-bond acceptors (Lipinski definition) is 3. The molecule has 0 aliphatic heterocycles. The van der Waals surface area contributed by atoms with Crippen LogP contribution in [0.15, 0.2) is 30.5 Å². The van der Waals surface area contributed by atoms with Gasteiger partial charge < -0.3 is 5.73 Å². The van der Waals surface area contributed by atoms with Crippen molar-refractivity contribution in [2.45, 2.75) is 13.3 Å². The van der Waals surface area contributed by atoms with Crippen molar-refractivity contribution in [3.8, 4) is 11.8 Å². The topological polar surface area (TPSA) is 67.6 Å². The highest BCUT2D eigenvalue weighted by Gasteiger charge is 2.07. The first kappa shape index (κ1) is 10.2. The van der Waals surface area contributed by atoms with Gasteiger partial charge in [-0.3, -0.25) is 0 Å². The van der Waals surface area contributed by atoms with Crippen LogP contribution in [0.3, 0.4) is 0 Å². The molecule has 2 aromatic rings. The number of anilines is 1. The highest BCUT2D eigenvalue weighted by Crippen LogP contribution is 2.17. The van der Waals surface area contributed by atoms with Crippen LogP contribution in [0.2, 0.25) is 0 Å². The summed E-state index contributed by atoms with van der Waals surface area (Å²) in [5.41, 5.74) is 8.77. The SMILES string of the molecule is Cc1ccc(-n2ncc(CC#N)c2N)cc1. The van der Waals surface area contributed by atoms with Gasteiger partial charge in [-0.1, -0.05) is 17.7 Å². The first-order valence-corrected chi connectivity index (χ1v) is 4.98. The van der Waals surface area contributed by atoms with E-state index in [1.54, 1.807) is 10.9 Å². The molecule has 0 radical (unpaired) electrons. The predicted molar refractivity (Wildman–Crippen MR) is 62.0 cm³/mol. The number of nitrogen functional groups attached to an aromatic ring is 1. The van der Waals surface area contributed by atoms with Crippen LogP contribution in [0.4, 0.5) is 5.82 Å². The zero-order chi connectivity index (χ0) is 11.5. The first-order chi connectivity index (χ1) is 7.72. The van der Waals surface area contributed by atoms with E-state index in [-0.39, 0.29) is 6.42 Å². The molecular formula is C12H12N4. The van der Waals surface area contributed by atoms with Crippen molar-refractivity contribution in [3.63, 3.8) is 0 Å². The van der Waals surface area contributed by atoms with Crippen molar-refractivity contribution in [2.24, 2.45) is 0 Å². The van der Waals surface area contributed by atoms with Gasteiger partial charge >= 0.3 is 0 Å². The maximum absolute atomic E-state index is 8.62. The molecule has 1 aromatic heterocycles. The normalized spacial score (nSPS) is 10.0. The molecule has 4 heteroatoms. The van der Waals surface area contributed by atoms with E-state index in [0.717, 1.165) is 11.3 Å². The van der Waals surface area contributed by atoms with Gasteiger partial charge in [0.15, 0.2) is 0 Å². The fraction of sp³-hybridized carbons (Fsp3) is 0.167. The lowest BCUT2D eigenvalue weighted by molar-refractivity contribution is 0.890. The minimum atomic E-state index is 0.289. The third-order valence-corrected chi connectivity index (χ3v) is 2.43. The van der Waals surface area contributed by atoms with Crippen LogP contribution >= 0.6 is 0 Å². The van der Waals surface area contributed by atoms with Crippen LogP contribution in [0.25, 0.3) is 5.69 Å². The van der Waals surface area contributed by atoms with Gasteiger partial charge in [-0.2, -0.15) is 10.4 Å². The van der Waals surface area contributed by atoms with Crippen molar-refractivity contribution in [2.75, 3.05) is 5.73 Å². The molecule has 16 heavy (non-hydrogen) atoms. The highest BCUT2D eigenvalue weighted by molar-refractivity contribution is 5.48. The van der Waals surface area contributed by atoms with E-state index in [0.29, 0.717) is 5.82 Å². The van der Waals surface area contributed by atoms with Gasteiger partial charge in [0, 0.05) is 5.56 Å². The molecule has 0 bridgehead atoms. The number of aryl methyl sites for hydroxylation is 1. The second-order valence-corrected chi connectivity index (χ2v) is 3.64. The van der Waals surface area contributed by atoms with Gasteiger partial charge in [0.2, 0.25) is 0 Å². The largest absolute Gasteiger partial charge is 0.383 e. The van der Waals surface area contributed by atoms with Gasteiger partial charge in [0.1, 0.15) is 5.82 Å². The number of nitrogens with zero attached hydrogens (tertiary/aromatic N) is 3. The van der Waals surface area contributed by atoms with Crippen LogP contribution in [0.1, 0.15) is 11.1 Å². The van der Waals surface area contributed by atoms with Crippen molar-refractivity contribution in [1.82, 2.24) is 9.78 Å². The van der Waals surface area contributed by atoms with Gasteiger partial charge in [0.25, 0.3) is 0 Å². The maximum atomic E-state index is 8.62. The summed E-state index contributed by atoms with van der Waals surface area (Å²) in [6, 6.07) is 9.97. The molecule has 0 atom stereocenters. The summed E-state index contributed by atoms with van der Waals surface area (Å²) in [6.07, 6.45) is 1.93. The Morgan fingerprint density at radius 1 is 1.38 bits per heavy atom. The van der Waals surface area contributed by atoms with Crippen molar-refractivity contribution in [1.29, 1.82) is 5.26 Å². The molecule has 1 heterocycles. The van der Waals surface area contributed by atoms with Crippen LogP contribution in [-0.2, 0) is 6.42 Å². The smallest absolute Gasteiger partial charge is 0.131 e. The first-order valence-electron chi connectivity index (χ1n) is 4.98. The van der Waals surface area contributed by atoms with E-state index in [2.05, 4.69) is 11.2 Å². The molecule has 0 fully saturated rings. The van der Waals surface area contributed by atoms with E-state index < -0.39 is 0 Å². The number of aromatic nitrogens is 2. The Labute approximate surface area is 93.9 Å². The average Bonchev–Trinajstić information content (AvgIpc) is 2.63. The predicted octanol–water partition coefficient (Wildman–Crippen LogP) is 1.83.